The summed E-state index contributed by atoms with van der Waals surface area (Å²) in [6.07, 6.45) is 3.17. The lowest BCUT2D eigenvalue weighted by Gasteiger charge is -2.44. The van der Waals surface area contributed by atoms with Gasteiger partial charge in [0.15, 0.2) is 10.9 Å². The summed E-state index contributed by atoms with van der Waals surface area (Å²) in [5.41, 5.74) is 14.3. The van der Waals surface area contributed by atoms with E-state index in [1.54, 1.807) is 12.4 Å². The summed E-state index contributed by atoms with van der Waals surface area (Å²) >= 11 is 0. The number of hydrogen-bond donors (Lipinski definition) is 0. The van der Waals surface area contributed by atoms with Crippen molar-refractivity contribution in [3.05, 3.63) is 197 Å². The Kier molecular flexibility index (Phi) is 6.35. The largest absolute Gasteiger partial charge is 0.311 e. The SMILES string of the molecule is O=c1c2ccccc2n2c3ccc(-c4ccc5c(c4)B4c6ccccc6N(c6ccccc6)c6cccc(c64)N5c4ccccc4)cc3c(=O)c3cncc1c32. The van der Waals surface area contributed by atoms with Crippen molar-refractivity contribution in [1.82, 2.24) is 9.38 Å². The van der Waals surface area contributed by atoms with Crippen molar-refractivity contribution in [2.24, 2.45) is 0 Å². The highest BCUT2D eigenvalue weighted by Gasteiger charge is 2.43. The number of pyridine rings is 3. The third-order valence-corrected chi connectivity index (χ3v) is 11.8. The lowest BCUT2D eigenvalue weighted by atomic mass is 9.33. The second kappa shape index (κ2) is 11.5. The molecule has 2 aliphatic heterocycles. The van der Waals surface area contributed by atoms with Crippen LogP contribution in [-0.2, 0) is 0 Å². The zero-order valence-corrected chi connectivity index (χ0v) is 29.9. The predicted molar refractivity (Wildman–Crippen MR) is 231 cm³/mol. The smallest absolute Gasteiger partial charge is 0.252 e. The fourth-order valence-corrected chi connectivity index (χ4v) is 9.42. The molecule has 7 heteroatoms. The van der Waals surface area contributed by atoms with Crippen molar-refractivity contribution in [2.45, 2.75) is 0 Å². The van der Waals surface area contributed by atoms with E-state index in [9.17, 15) is 9.59 Å². The molecule has 0 unspecified atom stereocenters. The van der Waals surface area contributed by atoms with Crippen LogP contribution in [0, 0.1) is 0 Å². The van der Waals surface area contributed by atoms with Crippen LogP contribution in [0.3, 0.4) is 0 Å². The van der Waals surface area contributed by atoms with E-state index in [0.29, 0.717) is 27.1 Å². The maximum atomic E-state index is 14.4. The zero-order valence-electron chi connectivity index (χ0n) is 29.9. The maximum Gasteiger partial charge on any atom is 0.252 e. The third kappa shape index (κ3) is 4.14. The van der Waals surface area contributed by atoms with Gasteiger partial charge in [-0.15, -0.1) is 0 Å². The van der Waals surface area contributed by atoms with Gasteiger partial charge in [-0.1, -0.05) is 91.0 Å². The third-order valence-electron chi connectivity index (χ3n) is 11.8. The standard InChI is InChI=1S/C49H29BN4O2/c55-48-34-16-7-9-18-40(34)54-41-24-22-30(26-35(41)49(56)37-29-51-28-36(48)47(37)54)31-23-25-43-39(27-31)50-38-17-8-10-19-42(38)52(32-12-3-1-4-13-32)44-20-11-21-45(46(44)50)53(43)33-14-5-2-6-15-33/h1-29H. The van der Waals surface area contributed by atoms with Crippen molar-refractivity contribution in [3.8, 4) is 11.1 Å². The second-order valence-electron chi connectivity index (χ2n) is 14.6. The van der Waals surface area contributed by atoms with E-state index in [1.165, 1.54) is 16.4 Å². The molecule has 260 valence electrons. The van der Waals surface area contributed by atoms with Crippen molar-refractivity contribution < 1.29 is 0 Å². The molecule has 12 rings (SSSR count). The van der Waals surface area contributed by atoms with Crippen LogP contribution in [0.2, 0.25) is 0 Å². The Labute approximate surface area is 321 Å². The van der Waals surface area contributed by atoms with Gasteiger partial charge in [-0.3, -0.25) is 14.6 Å². The molecule has 0 fully saturated rings. The van der Waals surface area contributed by atoms with Crippen LogP contribution < -0.4 is 37.0 Å². The molecule has 0 saturated carbocycles. The lowest BCUT2D eigenvalue weighted by molar-refractivity contribution is 1.25. The zero-order chi connectivity index (χ0) is 37.1. The molecule has 0 atom stereocenters. The molecule has 3 aromatic heterocycles. The Hall–Kier alpha value is -7.51. The molecule has 56 heavy (non-hydrogen) atoms. The van der Waals surface area contributed by atoms with Gasteiger partial charge in [0.05, 0.1) is 27.3 Å². The molecule has 5 heterocycles. The molecule has 0 aliphatic carbocycles. The van der Waals surface area contributed by atoms with Crippen LogP contribution in [0.25, 0.3) is 49.2 Å². The number of rotatable bonds is 3. The van der Waals surface area contributed by atoms with Gasteiger partial charge in [0.2, 0.25) is 0 Å². The minimum Gasteiger partial charge on any atom is -0.311 e. The first kappa shape index (κ1) is 30.9. The fourth-order valence-electron chi connectivity index (χ4n) is 9.42. The van der Waals surface area contributed by atoms with Crippen LogP contribution in [0.1, 0.15) is 0 Å². The summed E-state index contributed by atoms with van der Waals surface area (Å²) in [5.74, 6) is 0. The quantitative estimate of drug-likeness (QED) is 0.104. The van der Waals surface area contributed by atoms with Gasteiger partial charge in [-0.25, -0.2) is 0 Å². The lowest BCUT2D eigenvalue weighted by Crippen LogP contribution is -2.61. The molecule has 0 N–H and O–H groups in total. The molecular weight excluding hydrogens is 687 g/mol. The van der Waals surface area contributed by atoms with Crippen molar-refractivity contribution >= 4 is 95.3 Å². The fraction of sp³-hybridized carbons (Fsp3) is 0. The van der Waals surface area contributed by atoms with E-state index in [-0.39, 0.29) is 17.6 Å². The number of fused-ring (bicyclic) bond motifs is 8. The van der Waals surface area contributed by atoms with E-state index in [1.807, 2.05) is 36.4 Å². The van der Waals surface area contributed by atoms with E-state index in [4.69, 9.17) is 0 Å². The minimum atomic E-state index is -0.136. The molecule has 10 aromatic rings. The first-order chi connectivity index (χ1) is 27.7. The van der Waals surface area contributed by atoms with E-state index >= 15 is 0 Å². The first-order valence-electron chi connectivity index (χ1n) is 18.8. The Morgan fingerprint density at radius 2 is 0.982 bits per heavy atom. The normalized spacial score (nSPS) is 13.0. The topological polar surface area (TPSA) is 57.9 Å². The molecular formula is C49H29BN4O2. The van der Waals surface area contributed by atoms with Gasteiger partial charge in [0, 0.05) is 57.3 Å². The number of anilines is 6. The summed E-state index contributed by atoms with van der Waals surface area (Å²) < 4.78 is 2.06. The van der Waals surface area contributed by atoms with Gasteiger partial charge in [0.25, 0.3) is 6.71 Å². The minimum absolute atomic E-state index is 0.0368. The monoisotopic (exact) mass is 716 g/mol. The van der Waals surface area contributed by atoms with Crippen molar-refractivity contribution in [1.29, 1.82) is 0 Å². The molecule has 0 amide bonds. The predicted octanol–water partition coefficient (Wildman–Crippen LogP) is 8.70. The molecule has 2 aliphatic rings. The van der Waals surface area contributed by atoms with Crippen LogP contribution in [0.5, 0.6) is 0 Å². The highest BCUT2D eigenvalue weighted by Crippen LogP contribution is 2.44. The van der Waals surface area contributed by atoms with Gasteiger partial charge in [-0.2, -0.15) is 0 Å². The molecule has 6 nitrogen and oxygen atoms in total. The van der Waals surface area contributed by atoms with Gasteiger partial charge in [-0.05, 0) is 100 Å². The first-order valence-corrected chi connectivity index (χ1v) is 18.8. The highest BCUT2D eigenvalue weighted by atomic mass is 16.1. The summed E-state index contributed by atoms with van der Waals surface area (Å²) in [6.45, 7) is -0.0368. The number of aromatic nitrogens is 2. The Morgan fingerprint density at radius 3 is 1.71 bits per heavy atom. The van der Waals surface area contributed by atoms with Crippen LogP contribution in [-0.4, -0.2) is 16.1 Å². The van der Waals surface area contributed by atoms with Crippen molar-refractivity contribution in [3.63, 3.8) is 0 Å². The van der Waals surface area contributed by atoms with E-state index in [2.05, 4.69) is 147 Å². The number of benzene rings is 7. The average molecular weight is 717 g/mol. The molecule has 7 aromatic carbocycles. The van der Waals surface area contributed by atoms with E-state index in [0.717, 1.165) is 56.3 Å². The second-order valence-corrected chi connectivity index (χ2v) is 14.6. The summed E-state index contributed by atoms with van der Waals surface area (Å²) in [5, 5.41) is 2.06. The Morgan fingerprint density at radius 1 is 0.429 bits per heavy atom. The number of para-hydroxylation sites is 4. The van der Waals surface area contributed by atoms with Gasteiger partial charge < -0.3 is 14.2 Å². The van der Waals surface area contributed by atoms with Crippen LogP contribution >= 0.6 is 0 Å². The van der Waals surface area contributed by atoms with Gasteiger partial charge in [0.1, 0.15) is 0 Å². The Bertz CT molecular complexity index is 3370. The van der Waals surface area contributed by atoms with Crippen molar-refractivity contribution in [2.75, 3.05) is 9.80 Å². The van der Waals surface area contributed by atoms with Crippen LogP contribution in [0.15, 0.2) is 186 Å². The molecule has 0 saturated heterocycles. The summed E-state index contributed by atoms with van der Waals surface area (Å²) in [7, 11) is 0. The summed E-state index contributed by atoms with van der Waals surface area (Å²) in [6, 6.07) is 57.0. The number of nitrogens with zero attached hydrogens (tertiary/aromatic N) is 4. The average Bonchev–Trinajstić information content (AvgIpc) is 3.26. The van der Waals surface area contributed by atoms with Crippen LogP contribution in [0.4, 0.5) is 34.1 Å². The summed E-state index contributed by atoms with van der Waals surface area (Å²) in [4.78, 5) is 37.1. The number of hydrogen-bond acceptors (Lipinski definition) is 5. The molecule has 0 radical (unpaired) electrons. The maximum absolute atomic E-state index is 14.4. The molecule has 0 bridgehead atoms. The molecule has 0 spiro atoms. The highest BCUT2D eigenvalue weighted by molar-refractivity contribution is 7.00. The van der Waals surface area contributed by atoms with E-state index < -0.39 is 0 Å². The van der Waals surface area contributed by atoms with Gasteiger partial charge >= 0.3 is 0 Å². The Balaban J connectivity index is 1.12.